The number of aryl methyl sites for hydroxylation is 1. The van der Waals surface area contributed by atoms with E-state index in [1.54, 1.807) is 0 Å². The first-order valence-corrected chi connectivity index (χ1v) is 8.22. The molecule has 2 rings (SSSR count). The first kappa shape index (κ1) is 16.3. The number of pyridine rings is 1. The first-order valence-electron chi connectivity index (χ1n) is 8.22. The van der Waals surface area contributed by atoms with Crippen LogP contribution in [0.1, 0.15) is 64.6 Å². The maximum Gasteiger partial charge on any atom is 0.213 e. The molecule has 1 aromatic heterocycles. The minimum absolute atomic E-state index is 0.125. The highest BCUT2D eigenvalue weighted by molar-refractivity contribution is 5.25. The van der Waals surface area contributed by atoms with Gasteiger partial charge in [0.25, 0.3) is 0 Å². The van der Waals surface area contributed by atoms with E-state index in [1.165, 1.54) is 18.4 Å². The zero-order valence-corrected chi connectivity index (χ0v) is 14.2. The number of rotatable bonds is 4. The van der Waals surface area contributed by atoms with Crippen molar-refractivity contribution in [1.29, 1.82) is 0 Å². The Labute approximate surface area is 129 Å². The fourth-order valence-electron chi connectivity index (χ4n) is 2.70. The molecule has 3 nitrogen and oxygen atoms in total. The van der Waals surface area contributed by atoms with Gasteiger partial charge < -0.3 is 10.1 Å². The van der Waals surface area contributed by atoms with Crippen LogP contribution in [0.3, 0.4) is 0 Å². The fourth-order valence-corrected chi connectivity index (χ4v) is 2.70. The van der Waals surface area contributed by atoms with Gasteiger partial charge in [-0.2, -0.15) is 0 Å². The highest BCUT2D eigenvalue weighted by Crippen LogP contribution is 2.26. The van der Waals surface area contributed by atoms with Crippen LogP contribution in [-0.2, 0) is 6.54 Å². The topological polar surface area (TPSA) is 34.1 Å². The molecule has 1 aliphatic carbocycles. The van der Waals surface area contributed by atoms with Crippen LogP contribution in [0.15, 0.2) is 12.1 Å². The zero-order chi connectivity index (χ0) is 15.5. The second-order valence-electron chi connectivity index (χ2n) is 7.50. The van der Waals surface area contributed by atoms with E-state index in [4.69, 9.17) is 4.74 Å². The third kappa shape index (κ3) is 5.31. The van der Waals surface area contributed by atoms with E-state index >= 15 is 0 Å². The Hall–Kier alpha value is -1.09. The van der Waals surface area contributed by atoms with Crippen LogP contribution in [0, 0.1) is 12.8 Å². The molecule has 0 bridgehead atoms. The number of nitrogens with one attached hydrogen (secondary N) is 1. The van der Waals surface area contributed by atoms with E-state index in [0.29, 0.717) is 6.10 Å². The number of aromatic nitrogens is 1. The summed E-state index contributed by atoms with van der Waals surface area (Å²) in [5.74, 6) is 1.64. The van der Waals surface area contributed by atoms with Crippen LogP contribution >= 0.6 is 0 Å². The molecule has 1 aromatic rings. The zero-order valence-electron chi connectivity index (χ0n) is 14.2. The smallest absolute Gasteiger partial charge is 0.213 e. The number of hydrogen-bond acceptors (Lipinski definition) is 3. The summed E-state index contributed by atoms with van der Waals surface area (Å²) in [6.07, 6.45) is 5.23. The lowest BCUT2D eigenvalue weighted by Crippen LogP contribution is -2.35. The standard InChI is InChI=1S/C18H30N2O/c1-13-6-9-16(10-7-13)21-17-11-8-15(14(2)20-17)12-19-18(3,4)5/h8,11,13,16,19H,6-7,9-10,12H2,1-5H3. The van der Waals surface area contributed by atoms with Gasteiger partial charge in [-0.3, -0.25) is 0 Å². The largest absolute Gasteiger partial charge is 0.474 e. The summed E-state index contributed by atoms with van der Waals surface area (Å²) in [5, 5.41) is 3.50. The van der Waals surface area contributed by atoms with Crippen LogP contribution in [0.5, 0.6) is 5.88 Å². The fraction of sp³-hybridized carbons (Fsp3) is 0.722. The highest BCUT2D eigenvalue weighted by atomic mass is 16.5. The van der Waals surface area contributed by atoms with Crippen molar-refractivity contribution in [3.8, 4) is 5.88 Å². The maximum atomic E-state index is 6.05. The second kappa shape index (κ2) is 6.78. The summed E-state index contributed by atoms with van der Waals surface area (Å²) in [4.78, 5) is 4.62. The third-order valence-corrected chi connectivity index (χ3v) is 4.23. The van der Waals surface area contributed by atoms with Gasteiger partial charge in [0, 0.05) is 23.8 Å². The Morgan fingerprint density at radius 2 is 1.86 bits per heavy atom. The average molecular weight is 290 g/mol. The van der Waals surface area contributed by atoms with Gasteiger partial charge in [-0.15, -0.1) is 0 Å². The van der Waals surface area contributed by atoms with Crippen molar-refractivity contribution in [3.63, 3.8) is 0 Å². The van der Waals surface area contributed by atoms with Gasteiger partial charge in [0.15, 0.2) is 0 Å². The quantitative estimate of drug-likeness (QED) is 0.900. The second-order valence-corrected chi connectivity index (χ2v) is 7.50. The summed E-state index contributed by atoms with van der Waals surface area (Å²) in [6.45, 7) is 11.8. The molecule has 0 aliphatic heterocycles. The van der Waals surface area contributed by atoms with E-state index in [-0.39, 0.29) is 5.54 Å². The molecule has 0 saturated heterocycles. The van der Waals surface area contributed by atoms with Crippen molar-refractivity contribution in [2.24, 2.45) is 5.92 Å². The van der Waals surface area contributed by atoms with Crippen molar-refractivity contribution in [2.45, 2.75) is 78.5 Å². The predicted octanol–water partition coefficient (Wildman–Crippen LogP) is 4.24. The van der Waals surface area contributed by atoms with Crippen molar-refractivity contribution in [3.05, 3.63) is 23.4 Å². The predicted molar refractivity (Wildman–Crippen MR) is 87.6 cm³/mol. The summed E-state index contributed by atoms with van der Waals surface area (Å²) in [6, 6.07) is 4.16. The van der Waals surface area contributed by atoms with Crippen LogP contribution in [0.25, 0.3) is 0 Å². The van der Waals surface area contributed by atoms with Crippen molar-refractivity contribution < 1.29 is 4.74 Å². The van der Waals surface area contributed by atoms with Crippen molar-refractivity contribution in [1.82, 2.24) is 10.3 Å². The summed E-state index contributed by atoms with van der Waals surface area (Å²) < 4.78 is 6.05. The molecule has 0 unspecified atom stereocenters. The highest BCUT2D eigenvalue weighted by Gasteiger charge is 2.20. The molecular formula is C18H30N2O. The first-order chi connectivity index (χ1) is 9.83. The number of ether oxygens (including phenoxy) is 1. The van der Waals surface area contributed by atoms with Gasteiger partial charge in [-0.1, -0.05) is 13.0 Å². The van der Waals surface area contributed by atoms with Crippen molar-refractivity contribution in [2.75, 3.05) is 0 Å². The SMILES string of the molecule is Cc1nc(OC2CCC(C)CC2)ccc1CNC(C)(C)C. The molecule has 0 aromatic carbocycles. The maximum absolute atomic E-state index is 6.05. The van der Waals surface area contributed by atoms with Gasteiger partial charge in [-0.25, -0.2) is 4.98 Å². The molecule has 1 heterocycles. The molecule has 1 fully saturated rings. The molecule has 3 heteroatoms. The Morgan fingerprint density at radius 3 is 2.43 bits per heavy atom. The monoisotopic (exact) mass is 290 g/mol. The van der Waals surface area contributed by atoms with Gasteiger partial charge in [0.05, 0.1) is 0 Å². The van der Waals surface area contributed by atoms with Gasteiger partial charge >= 0.3 is 0 Å². The van der Waals surface area contributed by atoms with Crippen LogP contribution in [0.4, 0.5) is 0 Å². The van der Waals surface area contributed by atoms with E-state index in [9.17, 15) is 0 Å². The lowest BCUT2D eigenvalue weighted by molar-refractivity contribution is 0.130. The molecule has 1 aliphatic rings. The van der Waals surface area contributed by atoms with Crippen LogP contribution in [0.2, 0.25) is 0 Å². The Kier molecular flexibility index (Phi) is 5.26. The molecule has 0 amide bonds. The summed E-state index contributed by atoms with van der Waals surface area (Å²) in [7, 11) is 0. The molecule has 0 atom stereocenters. The van der Waals surface area contributed by atoms with Gasteiger partial charge in [-0.05, 0) is 64.9 Å². The number of nitrogens with zero attached hydrogens (tertiary/aromatic N) is 1. The van der Waals surface area contributed by atoms with Gasteiger partial charge in [0.1, 0.15) is 6.10 Å². The molecular weight excluding hydrogens is 260 g/mol. The molecule has 118 valence electrons. The minimum Gasteiger partial charge on any atom is -0.474 e. The summed E-state index contributed by atoms with van der Waals surface area (Å²) >= 11 is 0. The average Bonchev–Trinajstić information content (AvgIpc) is 2.39. The van der Waals surface area contributed by atoms with Crippen molar-refractivity contribution >= 4 is 0 Å². The van der Waals surface area contributed by atoms with E-state index in [1.807, 2.05) is 6.07 Å². The van der Waals surface area contributed by atoms with E-state index in [0.717, 1.165) is 36.9 Å². The molecule has 0 radical (unpaired) electrons. The third-order valence-electron chi connectivity index (χ3n) is 4.23. The molecule has 1 saturated carbocycles. The molecule has 21 heavy (non-hydrogen) atoms. The lowest BCUT2D eigenvalue weighted by atomic mass is 9.89. The Morgan fingerprint density at radius 1 is 1.19 bits per heavy atom. The Balaban J connectivity index is 1.92. The minimum atomic E-state index is 0.125. The number of hydrogen-bond donors (Lipinski definition) is 1. The summed E-state index contributed by atoms with van der Waals surface area (Å²) in [5.41, 5.74) is 2.43. The lowest BCUT2D eigenvalue weighted by Gasteiger charge is -2.26. The van der Waals surface area contributed by atoms with Crippen LogP contribution < -0.4 is 10.1 Å². The van der Waals surface area contributed by atoms with Gasteiger partial charge in [0.2, 0.25) is 5.88 Å². The van der Waals surface area contributed by atoms with Crippen LogP contribution in [-0.4, -0.2) is 16.6 Å². The molecule has 0 spiro atoms. The van der Waals surface area contributed by atoms with E-state index in [2.05, 4.69) is 51.0 Å². The van der Waals surface area contributed by atoms with E-state index < -0.39 is 0 Å². The molecule has 1 N–H and O–H groups in total. The normalized spacial score (nSPS) is 23.1. The Bertz CT molecular complexity index is 457.